The largest absolute Gasteiger partial charge is 0.335 e. The second-order valence-electron chi connectivity index (χ2n) is 7.09. The van der Waals surface area contributed by atoms with Crippen LogP contribution in [0.5, 0.6) is 0 Å². The summed E-state index contributed by atoms with van der Waals surface area (Å²) in [6.07, 6.45) is 0.927. The summed E-state index contributed by atoms with van der Waals surface area (Å²) in [4.78, 5) is 32.7. The minimum absolute atomic E-state index is 0.0186. The summed E-state index contributed by atoms with van der Waals surface area (Å²) < 4.78 is 1.32. The van der Waals surface area contributed by atoms with E-state index in [9.17, 15) is 9.59 Å². The fourth-order valence-electron chi connectivity index (χ4n) is 3.53. The highest BCUT2D eigenvalue weighted by Crippen LogP contribution is 2.32. The maximum absolute atomic E-state index is 13.0. The zero-order chi connectivity index (χ0) is 19.2. The van der Waals surface area contributed by atoms with Crippen LogP contribution < -0.4 is 11.3 Å². The Balaban J connectivity index is 2.01. The van der Waals surface area contributed by atoms with Crippen molar-refractivity contribution in [2.75, 3.05) is 13.1 Å². The third-order valence-electron chi connectivity index (χ3n) is 5.19. The van der Waals surface area contributed by atoms with Gasteiger partial charge < -0.3 is 10.6 Å². The van der Waals surface area contributed by atoms with E-state index in [-0.39, 0.29) is 17.5 Å². The zero-order valence-electron chi connectivity index (χ0n) is 15.9. The maximum atomic E-state index is 13.0. The van der Waals surface area contributed by atoms with Crippen LogP contribution in [0.3, 0.4) is 0 Å². The van der Waals surface area contributed by atoms with Gasteiger partial charge in [0, 0.05) is 19.6 Å². The van der Waals surface area contributed by atoms with Crippen molar-refractivity contribution in [2.24, 2.45) is 18.7 Å². The van der Waals surface area contributed by atoms with Gasteiger partial charge in [-0.25, -0.2) is 9.67 Å². The molecule has 1 saturated heterocycles. The molecule has 26 heavy (non-hydrogen) atoms. The molecule has 0 saturated carbocycles. The molecule has 3 heterocycles. The fourth-order valence-corrected chi connectivity index (χ4v) is 4.65. The molecule has 0 radical (unpaired) electrons. The fraction of sp³-hybridized carbons (Fsp3) is 0.556. The van der Waals surface area contributed by atoms with E-state index in [2.05, 4.69) is 17.0 Å². The predicted octanol–water partition coefficient (Wildman–Crippen LogP) is 1.64. The smallest absolute Gasteiger partial charge is 0.277 e. The molecule has 140 valence electrons. The van der Waals surface area contributed by atoms with E-state index in [1.165, 1.54) is 16.0 Å². The normalized spacial score (nSPS) is 20.0. The topological polar surface area (TPSA) is 94.1 Å². The van der Waals surface area contributed by atoms with Crippen molar-refractivity contribution in [3.63, 3.8) is 0 Å². The number of amides is 1. The van der Waals surface area contributed by atoms with E-state index >= 15 is 0 Å². The van der Waals surface area contributed by atoms with Gasteiger partial charge in [-0.3, -0.25) is 9.59 Å². The summed E-state index contributed by atoms with van der Waals surface area (Å²) in [5, 5.41) is 4.79. The van der Waals surface area contributed by atoms with Crippen molar-refractivity contribution >= 4 is 17.2 Å². The van der Waals surface area contributed by atoms with Crippen LogP contribution in [0.1, 0.15) is 40.0 Å². The number of hydrogen-bond donors (Lipinski definition) is 1. The number of thiazole rings is 1. The molecule has 8 heteroatoms. The lowest BCUT2D eigenvalue weighted by Crippen LogP contribution is -2.34. The molecule has 0 bridgehead atoms. The van der Waals surface area contributed by atoms with Crippen LogP contribution >= 0.6 is 11.3 Å². The molecule has 0 aromatic carbocycles. The Bertz CT molecular complexity index is 917. The van der Waals surface area contributed by atoms with Gasteiger partial charge in [-0.2, -0.15) is 5.10 Å². The maximum Gasteiger partial charge on any atom is 0.277 e. The highest BCUT2D eigenvalue weighted by atomic mass is 32.1. The van der Waals surface area contributed by atoms with Crippen molar-refractivity contribution in [3.8, 4) is 10.6 Å². The van der Waals surface area contributed by atoms with Crippen molar-refractivity contribution in [3.05, 3.63) is 32.2 Å². The first-order chi connectivity index (χ1) is 12.2. The molecule has 0 aliphatic carbocycles. The number of nitrogens with zero attached hydrogens (tertiary/aromatic N) is 4. The molecule has 2 N–H and O–H groups in total. The van der Waals surface area contributed by atoms with Gasteiger partial charge in [0.25, 0.3) is 11.5 Å². The van der Waals surface area contributed by atoms with Crippen LogP contribution in [0.2, 0.25) is 0 Å². The molecule has 2 atom stereocenters. The Morgan fingerprint density at radius 2 is 2.00 bits per heavy atom. The number of carbonyl (C=O) groups is 1. The van der Waals surface area contributed by atoms with Gasteiger partial charge in [-0.05, 0) is 52.1 Å². The van der Waals surface area contributed by atoms with Gasteiger partial charge in [0.05, 0.1) is 17.0 Å². The summed E-state index contributed by atoms with van der Waals surface area (Å²) in [6.45, 7) is 8.87. The Labute approximate surface area is 156 Å². The summed E-state index contributed by atoms with van der Waals surface area (Å²) in [7, 11) is 1.63. The average molecular weight is 375 g/mol. The van der Waals surface area contributed by atoms with Crippen LogP contribution in [0.25, 0.3) is 10.6 Å². The Morgan fingerprint density at radius 3 is 2.62 bits per heavy atom. The van der Waals surface area contributed by atoms with Gasteiger partial charge in [0.15, 0.2) is 0 Å². The molecule has 2 unspecified atom stereocenters. The molecule has 2 aromatic rings. The molecule has 1 amide bonds. The molecule has 2 aromatic heterocycles. The van der Waals surface area contributed by atoms with Crippen LogP contribution in [-0.4, -0.2) is 44.7 Å². The van der Waals surface area contributed by atoms with Crippen LogP contribution in [0, 0.1) is 26.7 Å². The number of rotatable bonds is 3. The van der Waals surface area contributed by atoms with Crippen LogP contribution in [0.15, 0.2) is 4.79 Å². The second kappa shape index (κ2) is 6.92. The van der Waals surface area contributed by atoms with Crippen molar-refractivity contribution in [2.45, 2.75) is 40.2 Å². The molecule has 7 nitrogen and oxygen atoms in total. The summed E-state index contributed by atoms with van der Waals surface area (Å²) in [5.74, 6) is 0.328. The molecule has 1 aliphatic rings. The van der Waals surface area contributed by atoms with E-state index in [0.29, 0.717) is 40.1 Å². The van der Waals surface area contributed by atoms with Crippen molar-refractivity contribution < 1.29 is 4.79 Å². The molecule has 1 fully saturated rings. The van der Waals surface area contributed by atoms with Crippen molar-refractivity contribution in [1.82, 2.24) is 19.7 Å². The van der Waals surface area contributed by atoms with Gasteiger partial charge in [0.2, 0.25) is 0 Å². The number of carbonyl (C=O) groups excluding carboxylic acids is 1. The third-order valence-corrected chi connectivity index (χ3v) is 6.35. The third kappa shape index (κ3) is 3.07. The van der Waals surface area contributed by atoms with Crippen molar-refractivity contribution in [1.29, 1.82) is 0 Å². The lowest BCUT2D eigenvalue weighted by Gasteiger charge is -2.20. The molecular formula is C18H25N5O2S. The Morgan fingerprint density at radius 1 is 1.31 bits per heavy atom. The minimum atomic E-state index is -0.196. The number of aromatic nitrogens is 3. The molecular weight excluding hydrogens is 350 g/mol. The molecule has 0 spiro atoms. The average Bonchev–Trinajstić information content (AvgIpc) is 3.15. The Hall–Kier alpha value is -2.06. The van der Waals surface area contributed by atoms with E-state index in [1.807, 2.05) is 25.7 Å². The lowest BCUT2D eigenvalue weighted by atomic mass is 10.1. The number of nitrogens with two attached hydrogens (primary N) is 1. The van der Waals surface area contributed by atoms with Gasteiger partial charge >= 0.3 is 0 Å². The summed E-state index contributed by atoms with van der Waals surface area (Å²) in [6, 6.07) is 0.166. The number of likely N-dealkylation sites (tertiary alicyclic amines) is 1. The number of aryl methyl sites for hydroxylation is 3. The van der Waals surface area contributed by atoms with Gasteiger partial charge in [-0.1, -0.05) is 0 Å². The van der Waals surface area contributed by atoms with E-state index in [4.69, 9.17) is 5.73 Å². The highest BCUT2D eigenvalue weighted by molar-refractivity contribution is 7.17. The van der Waals surface area contributed by atoms with Gasteiger partial charge in [0.1, 0.15) is 9.88 Å². The standard InChI is InChI=1S/C18H25N5O2S/c1-9-6-13(7-19)8-23(9)18(25)15-12(4)20-16(26-15)14-10(2)11(3)21-22(5)17(14)24/h9,13H,6-8,19H2,1-5H3. The first kappa shape index (κ1) is 18.7. The number of hydrogen-bond acceptors (Lipinski definition) is 6. The van der Waals surface area contributed by atoms with E-state index in [1.54, 1.807) is 7.05 Å². The first-order valence-electron chi connectivity index (χ1n) is 8.77. The highest BCUT2D eigenvalue weighted by Gasteiger charge is 2.34. The monoisotopic (exact) mass is 375 g/mol. The van der Waals surface area contributed by atoms with E-state index in [0.717, 1.165) is 17.7 Å². The summed E-state index contributed by atoms with van der Waals surface area (Å²) >= 11 is 1.29. The van der Waals surface area contributed by atoms with Crippen LogP contribution in [-0.2, 0) is 7.05 Å². The lowest BCUT2D eigenvalue weighted by molar-refractivity contribution is 0.0747. The Kier molecular flexibility index (Phi) is 4.98. The SMILES string of the molecule is Cc1nc(-c2c(C)c(C)nn(C)c2=O)sc1C(=O)N1CC(CN)CC1C. The van der Waals surface area contributed by atoms with Crippen LogP contribution in [0.4, 0.5) is 0 Å². The summed E-state index contributed by atoms with van der Waals surface area (Å²) in [5.41, 5.74) is 8.36. The zero-order valence-corrected chi connectivity index (χ0v) is 16.7. The predicted molar refractivity (Wildman–Crippen MR) is 102 cm³/mol. The molecule has 1 aliphatic heterocycles. The molecule has 3 rings (SSSR count). The van der Waals surface area contributed by atoms with E-state index < -0.39 is 0 Å². The first-order valence-corrected chi connectivity index (χ1v) is 9.59. The minimum Gasteiger partial charge on any atom is -0.335 e. The quantitative estimate of drug-likeness (QED) is 0.880. The second-order valence-corrected chi connectivity index (χ2v) is 8.09. The van der Waals surface area contributed by atoms with Gasteiger partial charge in [-0.15, -0.1) is 11.3 Å².